The van der Waals surface area contributed by atoms with Gasteiger partial charge >= 0.3 is 5.97 Å². The zero-order valence-electron chi connectivity index (χ0n) is 16.4. The number of carboxylic acids is 1. The lowest BCUT2D eigenvalue weighted by Crippen LogP contribution is -2.18. The fourth-order valence-corrected chi connectivity index (χ4v) is 4.14. The highest BCUT2D eigenvalue weighted by atomic mass is 16.4. The number of aromatic nitrogens is 2. The molecule has 0 aliphatic heterocycles. The standard InChI is InChI=1S/C22H27N3O3/c1-3-18-21(22(23)28)25-20(13(2)24-18)17-10-8-16(9-11-17)15-6-4-14(5-7-15)12-19(26)27/h8-11,14-15H,3-7,12H2,1-2H3,(H2,23,28)(H,26,27). The lowest BCUT2D eigenvalue weighted by molar-refractivity contribution is -0.138. The third-order valence-electron chi connectivity index (χ3n) is 5.68. The summed E-state index contributed by atoms with van der Waals surface area (Å²) in [5, 5.41) is 8.96. The number of hydrogen-bond donors (Lipinski definition) is 2. The molecule has 1 aromatic heterocycles. The SMILES string of the molecule is CCc1nc(C)c(-c2ccc(C3CCC(CC(=O)O)CC3)cc2)nc1C(N)=O. The Balaban J connectivity index is 1.77. The monoisotopic (exact) mass is 381 g/mol. The third-order valence-corrected chi connectivity index (χ3v) is 5.68. The largest absolute Gasteiger partial charge is 0.481 e. The van der Waals surface area contributed by atoms with Gasteiger partial charge in [0.15, 0.2) is 0 Å². The molecule has 0 bridgehead atoms. The smallest absolute Gasteiger partial charge is 0.303 e. The number of primary amides is 1. The minimum absolute atomic E-state index is 0.240. The second-order valence-electron chi connectivity index (χ2n) is 7.61. The van der Waals surface area contributed by atoms with Crippen LogP contribution >= 0.6 is 0 Å². The molecule has 0 saturated heterocycles. The zero-order chi connectivity index (χ0) is 20.3. The fraction of sp³-hybridized carbons (Fsp3) is 0.455. The maximum Gasteiger partial charge on any atom is 0.303 e. The Hall–Kier alpha value is -2.76. The number of amides is 1. The lowest BCUT2D eigenvalue weighted by atomic mass is 9.77. The predicted octanol–water partition coefficient (Wildman–Crippen LogP) is 3.86. The summed E-state index contributed by atoms with van der Waals surface area (Å²) in [6, 6.07) is 8.25. The maximum atomic E-state index is 11.7. The Morgan fingerprint density at radius 3 is 2.29 bits per heavy atom. The van der Waals surface area contributed by atoms with Gasteiger partial charge in [-0.3, -0.25) is 14.6 Å². The maximum absolute atomic E-state index is 11.7. The number of aryl methyl sites for hydroxylation is 2. The molecule has 1 heterocycles. The van der Waals surface area contributed by atoms with Crippen molar-refractivity contribution in [2.75, 3.05) is 0 Å². The van der Waals surface area contributed by atoms with Gasteiger partial charge in [0.2, 0.25) is 0 Å². The normalized spacial score (nSPS) is 19.4. The van der Waals surface area contributed by atoms with Gasteiger partial charge in [0.05, 0.1) is 17.1 Å². The Labute approximate surface area is 165 Å². The van der Waals surface area contributed by atoms with E-state index in [2.05, 4.69) is 22.1 Å². The molecule has 0 radical (unpaired) electrons. The summed E-state index contributed by atoms with van der Waals surface area (Å²) in [6.07, 6.45) is 4.85. The molecule has 1 saturated carbocycles. The number of benzene rings is 1. The number of rotatable bonds is 6. The molecule has 2 aromatic rings. The molecule has 0 unspecified atom stereocenters. The topological polar surface area (TPSA) is 106 Å². The van der Waals surface area contributed by atoms with Crippen LogP contribution in [0, 0.1) is 12.8 Å². The van der Waals surface area contributed by atoms with E-state index in [-0.39, 0.29) is 12.1 Å². The summed E-state index contributed by atoms with van der Waals surface area (Å²) < 4.78 is 0. The first-order chi connectivity index (χ1) is 13.4. The highest BCUT2D eigenvalue weighted by molar-refractivity contribution is 5.92. The number of carbonyl (C=O) groups excluding carboxylic acids is 1. The molecule has 6 nitrogen and oxygen atoms in total. The van der Waals surface area contributed by atoms with Crippen LogP contribution in [0.2, 0.25) is 0 Å². The summed E-state index contributed by atoms with van der Waals surface area (Å²) in [7, 11) is 0. The quantitative estimate of drug-likeness (QED) is 0.790. The summed E-state index contributed by atoms with van der Waals surface area (Å²) in [6.45, 7) is 3.82. The molecule has 3 rings (SSSR count). The highest BCUT2D eigenvalue weighted by Gasteiger charge is 2.24. The molecule has 1 amide bonds. The van der Waals surface area contributed by atoms with E-state index in [9.17, 15) is 9.59 Å². The van der Waals surface area contributed by atoms with Crippen molar-refractivity contribution in [2.45, 2.75) is 58.3 Å². The third kappa shape index (κ3) is 4.38. The highest BCUT2D eigenvalue weighted by Crippen LogP contribution is 2.37. The van der Waals surface area contributed by atoms with Crippen LogP contribution in [0.15, 0.2) is 24.3 Å². The molecular formula is C22H27N3O3. The average Bonchev–Trinajstić information content (AvgIpc) is 2.68. The molecule has 1 fully saturated rings. The van der Waals surface area contributed by atoms with Crippen molar-refractivity contribution in [1.29, 1.82) is 0 Å². The first-order valence-corrected chi connectivity index (χ1v) is 9.88. The van der Waals surface area contributed by atoms with Gasteiger partial charge in [-0.1, -0.05) is 31.2 Å². The summed E-state index contributed by atoms with van der Waals surface area (Å²) in [4.78, 5) is 31.6. The number of carboxylic acid groups (broad SMARTS) is 1. The van der Waals surface area contributed by atoms with Crippen molar-refractivity contribution in [3.63, 3.8) is 0 Å². The van der Waals surface area contributed by atoms with Gasteiger partial charge in [0.25, 0.3) is 5.91 Å². The summed E-state index contributed by atoms with van der Waals surface area (Å²) in [5.41, 5.74) is 9.99. The van der Waals surface area contributed by atoms with Gasteiger partial charge in [0.1, 0.15) is 5.69 Å². The van der Waals surface area contributed by atoms with Gasteiger partial charge in [0, 0.05) is 12.0 Å². The van der Waals surface area contributed by atoms with E-state index in [0.29, 0.717) is 29.6 Å². The minimum Gasteiger partial charge on any atom is -0.481 e. The molecule has 148 valence electrons. The van der Waals surface area contributed by atoms with Crippen molar-refractivity contribution >= 4 is 11.9 Å². The van der Waals surface area contributed by atoms with E-state index < -0.39 is 11.9 Å². The fourth-order valence-electron chi connectivity index (χ4n) is 4.14. The van der Waals surface area contributed by atoms with Gasteiger partial charge < -0.3 is 10.8 Å². The number of carbonyl (C=O) groups is 2. The van der Waals surface area contributed by atoms with Gasteiger partial charge in [-0.25, -0.2) is 4.98 Å². The lowest BCUT2D eigenvalue weighted by Gasteiger charge is -2.28. The first-order valence-electron chi connectivity index (χ1n) is 9.88. The molecule has 1 aliphatic carbocycles. The van der Waals surface area contributed by atoms with Crippen molar-refractivity contribution < 1.29 is 14.7 Å². The summed E-state index contributed by atoms with van der Waals surface area (Å²) >= 11 is 0. The minimum atomic E-state index is -0.700. The van der Waals surface area contributed by atoms with Crippen LogP contribution in [0.4, 0.5) is 0 Å². The molecule has 6 heteroatoms. The predicted molar refractivity (Wildman–Crippen MR) is 107 cm³/mol. The Kier molecular flexibility index (Phi) is 6.07. The van der Waals surface area contributed by atoms with E-state index in [4.69, 9.17) is 10.8 Å². The summed E-state index contributed by atoms with van der Waals surface area (Å²) in [5.74, 6) is -0.487. The van der Waals surface area contributed by atoms with Gasteiger partial charge in [-0.15, -0.1) is 0 Å². The molecular weight excluding hydrogens is 354 g/mol. The number of aliphatic carboxylic acids is 1. The van der Waals surface area contributed by atoms with Crippen molar-refractivity contribution in [1.82, 2.24) is 9.97 Å². The van der Waals surface area contributed by atoms with Crippen molar-refractivity contribution in [2.24, 2.45) is 11.7 Å². The van der Waals surface area contributed by atoms with Gasteiger partial charge in [-0.05, 0) is 56.4 Å². The van der Waals surface area contributed by atoms with E-state index in [1.54, 1.807) is 0 Å². The second-order valence-corrected chi connectivity index (χ2v) is 7.61. The number of nitrogens with two attached hydrogens (primary N) is 1. The van der Waals surface area contributed by atoms with Crippen molar-refractivity contribution in [3.05, 3.63) is 46.9 Å². The van der Waals surface area contributed by atoms with E-state index >= 15 is 0 Å². The molecule has 28 heavy (non-hydrogen) atoms. The van der Waals surface area contributed by atoms with Crippen LogP contribution < -0.4 is 5.73 Å². The molecule has 1 aromatic carbocycles. The Morgan fingerprint density at radius 2 is 1.75 bits per heavy atom. The molecule has 3 N–H and O–H groups in total. The van der Waals surface area contributed by atoms with Gasteiger partial charge in [-0.2, -0.15) is 0 Å². The molecule has 1 aliphatic rings. The molecule has 0 spiro atoms. The number of nitrogens with zero attached hydrogens (tertiary/aromatic N) is 2. The van der Waals surface area contributed by atoms with E-state index in [1.807, 2.05) is 26.0 Å². The van der Waals surface area contributed by atoms with Crippen LogP contribution in [0.5, 0.6) is 0 Å². The van der Waals surface area contributed by atoms with Crippen molar-refractivity contribution in [3.8, 4) is 11.3 Å². The van der Waals surface area contributed by atoms with Crippen LogP contribution in [0.1, 0.15) is 72.4 Å². The first kappa shape index (κ1) is 20.0. The van der Waals surface area contributed by atoms with E-state index in [1.165, 1.54) is 5.56 Å². The number of hydrogen-bond acceptors (Lipinski definition) is 4. The average molecular weight is 381 g/mol. The van der Waals surface area contributed by atoms with Crippen LogP contribution in [0.25, 0.3) is 11.3 Å². The second kappa shape index (κ2) is 8.50. The van der Waals surface area contributed by atoms with E-state index in [0.717, 1.165) is 36.9 Å². The molecule has 0 atom stereocenters. The van der Waals surface area contributed by atoms with Crippen LogP contribution in [-0.4, -0.2) is 27.0 Å². The zero-order valence-corrected chi connectivity index (χ0v) is 16.4. The van der Waals surface area contributed by atoms with Crippen LogP contribution in [-0.2, 0) is 11.2 Å². The Morgan fingerprint density at radius 1 is 1.11 bits per heavy atom. The Bertz CT molecular complexity index is 869. The van der Waals surface area contributed by atoms with Crippen LogP contribution in [0.3, 0.4) is 0 Å².